The number of hydrogen-bond acceptors (Lipinski definition) is 4. The summed E-state index contributed by atoms with van der Waals surface area (Å²) in [5, 5.41) is 0. The smallest absolute Gasteiger partial charge is 0.243 e. The molecule has 2 rings (SSSR count). The van der Waals surface area contributed by atoms with Gasteiger partial charge in [0.25, 0.3) is 0 Å². The summed E-state index contributed by atoms with van der Waals surface area (Å²) in [5.41, 5.74) is 0. The Balaban J connectivity index is 2.33. The van der Waals surface area contributed by atoms with E-state index in [4.69, 9.17) is 9.47 Å². The first-order valence-electron chi connectivity index (χ1n) is 6.92. The van der Waals surface area contributed by atoms with Gasteiger partial charge in [0.05, 0.1) is 28.2 Å². The van der Waals surface area contributed by atoms with Gasteiger partial charge < -0.3 is 9.47 Å². The predicted octanol–water partition coefficient (Wildman–Crippen LogP) is 2.65. The number of morpholine rings is 1. The lowest BCUT2D eigenvalue weighted by atomic mass is 10.3. The normalized spacial score (nSPS) is 24.0. The Kier molecular flexibility index (Phi) is 5.29. The van der Waals surface area contributed by atoms with Crippen LogP contribution in [-0.2, 0) is 14.8 Å². The lowest BCUT2D eigenvalue weighted by Crippen LogP contribution is -2.48. The van der Waals surface area contributed by atoms with Gasteiger partial charge in [-0.05, 0) is 48.8 Å². The number of halogens is 1. The molecule has 1 aromatic carbocycles. The van der Waals surface area contributed by atoms with Crippen molar-refractivity contribution in [3.8, 4) is 5.75 Å². The average molecular weight is 378 g/mol. The van der Waals surface area contributed by atoms with Crippen molar-refractivity contribution in [1.82, 2.24) is 4.31 Å². The van der Waals surface area contributed by atoms with E-state index in [2.05, 4.69) is 15.9 Å². The summed E-state index contributed by atoms with van der Waals surface area (Å²) >= 11 is 3.36. The van der Waals surface area contributed by atoms with Crippen LogP contribution in [0, 0.1) is 0 Å². The number of ether oxygens (including phenoxy) is 2. The highest BCUT2D eigenvalue weighted by Crippen LogP contribution is 2.30. The van der Waals surface area contributed by atoms with Gasteiger partial charge in [-0.15, -0.1) is 0 Å². The summed E-state index contributed by atoms with van der Waals surface area (Å²) in [6.07, 6.45) is -0.212. The van der Waals surface area contributed by atoms with Crippen molar-refractivity contribution in [3.05, 3.63) is 22.7 Å². The molecule has 0 saturated carbocycles. The number of benzene rings is 1. The van der Waals surface area contributed by atoms with Crippen LogP contribution in [0.5, 0.6) is 5.75 Å². The van der Waals surface area contributed by atoms with Gasteiger partial charge in [-0.2, -0.15) is 4.31 Å². The first kappa shape index (κ1) is 16.7. The Morgan fingerprint density at radius 3 is 2.52 bits per heavy atom. The van der Waals surface area contributed by atoms with Gasteiger partial charge in [0.2, 0.25) is 10.0 Å². The molecule has 1 aliphatic heterocycles. The molecule has 0 aliphatic carbocycles. The predicted molar refractivity (Wildman–Crippen MR) is 84.1 cm³/mol. The van der Waals surface area contributed by atoms with Crippen molar-refractivity contribution >= 4 is 26.0 Å². The van der Waals surface area contributed by atoms with Crippen LogP contribution >= 0.6 is 15.9 Å². The van der Waals surface area contributed by atoms with Gasteiger partial charge in [-0.3, -0.25) is 0 Å². The monoisotopic (exact) mass is 377 g/mol. The van der Waals surface area contributed by atoms with E-state index in [0.717, 1.165) is 4.47 Å². The van der Waals surface area contributed by atoms with Crippen LogP contribution in [0.15, 0.2) is 27.6 Å². The summed E-state index contributed by atoms with van der Waals surface area (Å²) in [6.45, 7) is 6.84. The third kappa shape index (κ3) is 3.77. The molecule has 1 saturated heterocycles. The quantitative estimate of drug-likeness (QED) is 0.809. The van der Waals surface area contributed by atoms with Crippen LogP contribution in [0.3, 0.4) is 0 Å². The maximum atomic E-state index is 12.7. The molecular formula is C14H20BrNO4S. The van der Waals surface area contributed by atoms with Crippen LogP contribution in [0.25, 0.3) is 0 Å². The Hall–Kier alpha value is -0.630. The summed E-state index contributed by atoms with van der Waals surface area (Å²) in [5.74, 6) is 0.535. The minimum absolute atomic E-state index is 0.106. The summed E-state index contributed by atoms with van der Waals surface area (Å²) in [7, 11) is -3.53. The fourth-order valence-corrected chi connectivity index (χ4v) is 4.35. The van der Waals surface area contributed by atoms with Gasteiger partial charge in [0.1, 0.15) is 5.75 Å². The first-order valence-corrected chi connectivity index (χ1v) is 9.16. The molecule has 0 bridgehead atoms. The maximum absolute atomic E-state index is 12.7. The molecule has 0 radical (unpaired) electrons. The molecule has 0 N–H and O–H groups in total. The van der Waals surface area contributed by atoms with Crippen molar-refractivity contribution < 1.29 is 17.9 Å². The zero-order valence-electron chi connectivity index (χ0n) is 12.4. The molecule has 0 amide bonds. The van der Waals surface area contributed by atoms with Crippen molar-refractivity contribution in [2.24, 2.45) is 0 Å². The van der Waals surface area contributed by atoms with Gasteiger partial charge in [-0.25, -0.2) is 8.42 Å². The topological polar surface area (TPSA) is 55.8 Å². The average Bonchev–Trinajstić information content (AvgIpc) is 2.40. The third-order valence-electron chi connectivity index (χ3n) is 3.23. The van der Waals surface area contributed by atoms with E-state index < -0.39 is 10.0 Å². The molecular weight excluding hydrogens is 358 g/mol. The molecule has 0 aromatic heterocycles. The minimum Gasteiger partial charge on any atom is -0.493 e. The van der Waals surface area contributed by atoms with Crippen molar-refractivity contribution in [1.29, 1.82) is 0 Å². The summed E-state index contributed by atoms with van der Waals surface area (Å²) < 4.78 is 38.7. The Labute approximate surface area is 134 Å². The van der Waals surface area contributed by atoms with Crippen LogP contribution in [0.1, 0.15) is 20.8 Å². The fraction of sp³-hybridized carbons (Fsp3) is 0.571. The van der Waals surface area contributed by atoms with E-state index in [9.17, 15) is 8.42 Å². The highest BCUT2D eigenvalue weighted by Gasteiger charge is 2.32. The van der Waals surface area contributed by atoms with Crippen LogP contribution in [-0.4, -0.2) is 44.6 Å². The van der Waals surface area contributed by atoms with Crippen molar-refractivity contribution in [2.75, 3.05) is 19.7 Å². The van der Waals surface area contributed by atoms with Gasteiger partial charge in [0.15, 0.2) is 0 Å². The van der Waals surface area contributed by atoms with Gasteiger partial charge in [0, 0.05) is 19.2 Å². The van der Waals surface area contributed by atoms with Crippen LogP contribution in [0.4, 0.5) is 0 Å². The minimum atomic E-state index is -3.53. The van der Waals surface area contributed by atoms with Crippen LogP contribution < -0.4 is 4.74 Å². The van der Waals surface area contributed by atoms with E-state index in [1.807, 2.05) is 20.8 Å². The Morgan fingerprint density at radius 1 is 1.33 bits per heavy atom. The standard InChI is InChI=1S/C14H20BrNO4S/c1-4-19-14-7-12(5-6-13(14)15)21(17,18)16-8-10(2)20-11(3)9-16/h5-7,10-11H,4,8-9H2,1-3H3/t10-,11+. The molecule has 1 aliphatic rings. The van der Waals surface area contributed by atoms with Gasteiger partial charge in [-0.1, -0.05) is 0 Å². The second-order valence-corrected chi connectivity index (χ2v) is 7.90. The molecule has 21 heavy (non-hydrogen) atoms. The van der Waals surface area contributed by atoms with Crippen LogP contribution in [0.2, 0.25) is 0 Å². The molecule has 0 spiro atoms. The fourth-order valence-electron chi connectivity index (χ4n) is 2.39. The number of rotatable bonds is 4. The Morgan fingerprint density at radius 2 is 1.95 bits per heavy atom. The summed E-state index contributed by atoms with van der Waals surface area (Å²) in [4.78, 5) is 0.246. The number of nitrogens with zero attached hydrogens (tertiary/aromatic N) is 1. The SMILES string of the molecule is CCOc1cc(S(=O)(=O)N2C[C@@H](C)O[C@@H](C)C2)ccc1Br. The second-order valence-electron chi connectivity index (χ2n) is 5.10. The lowest BCUT2D eigenvalue weighted by molar-refractivity contribution is -0.0440. The largest absolute Gasteiger partial charge is 0.493 e. The molecule has 118 valence electrons. The Bertz CT molecular complexity index is 595. The van der Waals surface area contributed by atoms with E-state index >= 15 is 0 Å². The van der Waals surface area contributed by atoms with Gasteiger partial charge >= 0.3 is 0 Å². The molecule has 2 atom stereocenters. The highest BCUT2D eigenvalue weighted by molar-refractivity contribution is 9.10. The molecule has 0 unspecified atom stereocenters. The molecule has 1 fully saturated rings. The second kappa shape index (κ2) is 6.64. The zero-order valence-corrected chi connectivity index (χ0v) is 14.8. The van der Waals surface area contributed by atoms with E-state index in [1.165, 1.54) is 4.31 Å². The van der Waals surface area contributed by atoms with Crippen molar-refractivity contribution in [2.45, 2.75) is 37.9 Å². The number of sulfonamides is 1. The molecule has 1 heterocycles. The molecule has 1 aromatic rings. The zero-order chi connectivity index (χ0) is 15.6. The summed E-state index contributed by atoms with van der Waals surface area (Å²) in [6, 6.07) is 4.85. The maximum Gasteiger partial charge on any atom is 0.243 e. The molecule has 5 nitrogen and oxygen atoms in total. The third-order valence-corrected chi connectivity index (χ3v) is 5.71. The van der Waals surface area contributed by atoms with E-state index in [1.54, 1.807) is 18.2 Å². The highest BCUT2D eigenvalue weighted by atomic mass is 79.9. The number of hydrogen-bond donors (Lipinski definition) is 0. The van der Waals surface area contributed by atoms with E-state index in [-0.39, 0.29) is 17.1 Å². The molecule has 7 heteroatoms. The lowest BCUT2D eigenvalue weighted by Gasteiger charge is -2.34. The van der Waals surface area contributed by atoms with E-state index in [0.29, 0.717) is 25.4 Å². The first-order chi connectivity index (χ1) is 9.84. The van der Waals surface area contributed by atoms with Crippen molar-refractivity contribution in [3.63, 3.8) is 0 Å².